The molecule has 2 rings (SSSR count). The Morgan fingerprint density at radius 1 is 1.47 bits per heavy atom. The van der Waals surface area contributed by atoms with Gasteiger partial charge in [0, 0.05) is 22.7 Å². The van der Waals surface area contributed by atoms with E-state index in [1.807, 2.05) is 24.2 Å². The molecule has 0 amide bonds. The highest BCUT2D eigenvalue weighted by molar-refractivity contribution is 8.01. The van der Waals surface area contributed by atoms with Gasteiger partial charge < -0.3 is 5.32 Å². The lowest BCUT2D eigenvalue weighted by Gasteiger charge is -2.22. The number of nitrogens with one attached hydrogen (secondary N) is 2. The molecule has 108 valence electrons. The monoisotopic (exact) mass is 320 g/mol. The van der Waals surface area contributed by atoms with Crippen LogP contribution in [0.3, 0.4) is 0 Å². The van der Waals surface area contributed by atoms with Crippen LogP contribution in [-0.2, 0) is 16.6 Å². The fourth-order valence-electron chi connectivity index (χ4n) is 2.16. The standard InChI is InChI=1S/C12H20N2O2S3/c1-12(5-3-6-18-12)9-14-19(15,16)11-4-7-17-10(11)8-13-2/h4,7,13-14H,3,5-6,8-9H2,1-2H3. The van der Waals surface area contributed by atoms with Crippen LogP contribution in [0.25, 0.3) is 0 Å². The summed E-state index contributed by atoms with van der Waals surface area (Å²) in [4.78, 5) is 1.28. The number of hydrogen-bond donors (Lipinski definition) is 2. The Kier molecular flexibility index (Phi) is 4.94. The van der Waals surface area contributed by atoms with Crippen LogP contribution in [0.2, 0.25) is 0 Å². The molecule has 7 heteroatoms. The van der Waals surface area contributed by atoms with Gasteiger partial charge >= 0.3 is 0 Å². The van der Waals surface area contributed by atoms with Gasteiger partial charge in [0.05, 0.1) is 4.90 Å². The van der Waals surface area contributed by atoms with E-state index in [-0.39, 0.29) is 4.75 Å². The second-order valence-electron chi connectivity index (χ2n) is 4.96. The average Bonchev–Trinajstić information content (AvgIpc) is 2.98. The quantitative estimate of drug-likeness (QED) is 0.842. The number of thiophene rings is 1. The zero-order valence-electron chi connectivity index (χ0n) is 11.2. The largest absolute Gasteiger partial charge is 0.315 e. The van der Waals surface area contributed by atoms with E-state index < -0.39 is 10.0 Å². The Bertz CT molecular complexity index is 519. The van der Waals surface area contributed by atoms with Crippen LogP contribution < -0.4 is 10.0 Å². The Morgan fingerprint density at radius 2 is 2.26 bits per heavy atom. The zero-order chi connectivity index (χ0) is 13.9. The minimum absolute atomic E-state index is 0.0479. The zero-order valence-corrected chi connectivity index (χ0v) is 13.7. The molecule has 1 aromatic heterocycles. The van der Waals surface area contributed by atoms with Crippen LogP contribution >= 0.6 is 23.1 Å². The van der Waals surface area contributed by atoms with Crippen molar-refractivity contribution in [3.05, 3.63) is 16.3 Å². The fraction of sp³-hybridized carbons (Fsp3) is 0.667. The van der Waals surface area contributed by atoms with Crippen molar-refractivity contribution in [2.24, 2.45) is 0 Å². The highest BCUT2D eigenvalue weighted by atomic mass is 32.2. The smallest absolute Gasteiger partial charge is 0.241 e. The molecule has 2 heterocycles. The topological polar surface area (TPSA) is 58.2 Å². The van der Waals surface area contributed by atoms with Gasteiger partial charge in [-0.25, -0.2) is 13.1 Å². The first-order valence-corrected chi connectivity index (χ1v) is 9.66. The predicted octanol–water partition coefficient (Wildman–Crippen LogP) is 2.03. The molecule has 0 saturated carbocycles. The van der Waals surface area contributed by atoms with Crippen molar-refractivity contribution in [1.82, 2.24) is 10.0 Å². The lowest BCUT2D eigenvalue weighted by Crippen LogP contribution is -2.37. The molecule has 0 aromatic carbocycles. The van der Waals surface area contributed by atoms with Crippen molar-refractivity contribution in [2.75, 3.05) is 19.3 Å². The molecule has 0 aliphatic carbocycles. The van der Waals surface area contributed by atoms with Gasteiger partial charge in [0.2, 0.25) is 10.0 Å². The van der Waals surface area contributed by atoms with Crippen molar-refractivity contribution in [3.8, 4) is 0 Å². The molecule has 1 aliphatic heterocycles. The molecule has 1 atom stereocenters. The van der Waals surface area contributed by atoms with Crippen LogP contribution in [0.15, 0.2) is 16.3 Å². The van der Waals surface area contributed by atoms with Crippen LogP contribution in [0.5, 0.6) is 0 Å². The summed E-state index contributed by atoms with van der Waals surface area (Å²) in [5.74, 6) is 1.13. The molecular weight excluding hydrogens is 300 g/mol. The SMILES string of the molecule is CNCc1sccc1S(=O)(=O)NCC1(C)CCCS1. The van der Waals surface area contributed by atoms with Gasteiger partial charge in [0.1, 0.15) is 0 Å². The normalized spacial score (nSPS) is 23.9. The third kappa shape index (κ3) is 3.72. The van der Waals surface area contributed by atoms with Crippen LogP contribution in [-0.4, -0.2) is 32.5 Å². The van der Waals surface area contributed by atoms with Crippen LogP contribution in [0.1, 0.15) is 24.6 Å². The molecular formula is C12H20N2O2S3. The summed E-state index contributed by atoms with van der Waals surface area (Å²) in [5.41, 5.74) is 0. The molecule has 1 aromatic rings. The summed E-state index contributed by atoms with van der Waals surface area (Å²) in [7, 11) is -1.57. The summed E-state index contributed by atoms with van der Waals surface area (Å²) in [6.45, 7) is 3.23. The lowest BCUT2D eigenvalue weighted by atomic mass is 10.1. The molecule has 0 radical (unpaired) electrons. The first-order chi connectivity index (χ1) is 8.97. The molecule has 1 saturated heterocycles. The summed E-state index contributed by atoms with van der Waals surface area (Å²) in [6.07, 6.45) is 2.25. The molecule has 0 bridgehead atoms. The Labute approximate surface area is 123 Å². The number of hydrogen-bond acceptors (Lipinski definition) is 5. The van der Waals surface area contributed by atoms with Crippen molar-refractivity contribution < 1.29 is 8.42 Å². The molecule has 4 nitrogen and oxygen atoms in total. The van der Waals surface area contributed by atoms with Gasteiger partial charge in [0.15, 0.2) is 0 Å². The Hall–Kier alpha value is -0.0800. The van der Waals surface area contributed by atoms with E-state index in [0.717, 1.165) is 17.1 Å². The highest BCUT2D eigenvalue weighted by Gasteiger charge is 2.31. The number of sulfonamides is 1. The van der Waals surface area contributed by atoms with E-state index in [0.29, 0.717) is 18.0 Å². The summed E-state index contributed by atoms with van der Waals surface area (Å²) < 4.78 is 27.5. The molecule has 1 fully saturated rings. The summed E-state index contributed by atoms with van der Waals surface area (Å²) in [5, 5.41) is 4.83. The molecule has 2 N–H and O–H groups in total. The van der Waals surface area contributed by atoms with Crippen molar-refractivity contribution in [1.29, 1.82) is 0 Å². The first kappa shape index (κ1) is 15.3. The van der Waals surface area contributed by atoms with Gasteiger partial charge in [-0.05, 0) is 44.0 Å². The minimum Gasteiger partial charge on any atom is -0.315 e. The van der Waals surface area contributed by atoms with E-state index >= 15 is 0 Å². The van der Waals surface area contributed by atoms with Crippen molar-refractivity contribution in [2.45, 2.75) is 36.0 Å². The Morgan fingerprint density at radius 3 is 2.89 bits per heavy atom. The van der Waals surface area contributed by atoms with Gasteiger partial charge in [-0.1, -0.05) is 0 Å². The van der Waals surface area contributed by atoms with Crippen molar-refractivity contribution >= 4 is 33.1 Å². The third-order valence-electron chi connectivity index (χ3n) is 3.27. The van der Waals surface area contributed by atoms with E-state index in [2.05, 4.69) is 17.0 Å². The third-order valence-corrected chi connectivity index (χ3v) is 7.34. The van der Waals surface area contributed by atoms with Crippen molar-refractivity contribution in [3.63, 3.8) is 0 Å². The second kappa shape index (κ2) is 6.13. The lowest BCUT2D eigenvalue weighted by molar-refractivity contribution is 0.552. The number of rotatable bonds is 6. The summed E-state index contributed by atoms with van der Waals surface area (Å²) in [6, 6.07) is 1.68. The predicted molar refractivity (Wildman–Crippen MR) is 82.4 cm³/mol. The van der Waals surface area contributed by atoms with Crippen LogP contribution in [0, 0.1) is 0 Å². The minimum atomic E-state index is -3.39. The maximum atomic E-state index is 12.3. The average molecular weight is 321 g/mol. The maximum Gasteiger partial charge on any atom is 0.241 e. The van der Waals surface area contributed by atoms with Gasteiger partial charge in [-0.2, -0.15) is 11.8 Å². The maximum absolute atomic E-state index is 12.3. The second-order valence-corrected chi connectivity index (χ2v) is 9.38. The van der Waals surface area contributed by atoms with Gasteiger partial charge in [-0.3, -0.25) is 0 Å². The van der Waals surface area contributed by atoms with Gasteiger partial charge in [-0.15, -0.1) is 11.3 Å². The molecule has 0 spiro atoms. The fourth-order valence-corrected chi connectivity index (χ4v) is 6.12. The van der Waals surface area contributed by atoms with E-state index in [1.165, 1.54) is 17.8 Å². The number of thioether (sulfide) groups is 1. The molecule has 19 heavy (non-hydrogen) atoms. The van der Waals surface area contributed by atoms with E-state index in [9.17, 15) is 8.42 Å². The molecule has 1 aliphatic rings. The van der Waals surface area contributed by atoms with E-state index in [1.54, 1.807) is 6.07 Å². The molecule has 1 unspecified atom stereocenters. The van der Waals surface area contributed by atoms with Gasteiger partial charge in [0.25, 0.3) is 0 Å². The summed E-state index contributed by atoms with van der Waals surface area (Å²) >= 11 is 3.33. The Balaban J connectivity index is 2.07. The highest BCUT2D eigenvalue weighted by Crippen LogP contribution is 2.37. The van der Waals surface area contributed by atoms with E-state index in [4.69, 9.17) is 0 Å². The first-order valence-electron chi connectivity index (χ1n) is 6.31. The van der Waals surface area contributed by atoms with Crippen LogP contribution in [0.4, 0.5) is 0 Å².